The Kier molecular flexibility index (Phi) is 5.67. The van der Waals surface area contributed by atoms with E-state index in [0.717, 1.165) is 23.8 Å². The fourth-order valence-electron chi connectivity index (χ4n) is 2.62. The van der Waals surface area contributed by atoms with Gasteiger partial charge in [-0.05, 0) is 51.5 Å². The zero-order chi connectivity index (χ0) is 21.4. The van der Waals surface area contributed by atoms with Gasteiger partial charge in [-0.3, -0.25) is 4.79 Å². The molecule has 0 unspecified atom stereocenters. The van der Waals surface area contributed by atoms with E-state index in [2.05, 4.69) is 5.32 Å². The molecule has 0 saturated heterocycles. The molecule has 0 aliphatic carbocycles. The Balaban J connectivity index is 2.38. The van der Waals surface area contributed by atoms with Crippen molar-refractivity contribution in [1.82, 2.24) is 5.32 Å². The van der Waals surface area contributed by atoms with Gasteiger partial charge >= 0.3 is 6.18 Å². The summed E-state index contributed by atoms with van der Waals surface area (Å²) in [6.45, 7) is 5.79. The van der Waals surface area contributed by atoms with Crippen molar-refractivity contribution >= 4 is 15.7 Å². The fraction of sp³-hybridized carbons (Fsp3) is 0.350. The highest BCUT2D eigenvalue weighted by Crippen LogP contribution is 2.33. The number of nitrogens with one attached hydrogen (secondary N) is 1. The molecule has 2 aromatic carbocycles. The number of carbonyl (C=O) groups is 1. The molecule has 4 nitrogen and oxygen atoms in total. The van der Waals surface area contributed by atoms with E-state index < -0.39 is 42.7 Å². The van der Waals surface area contributed by atoms with Gasteiger partial charge in [0.05, 0.1) is 16.0 Å². The third kappa shape index (κ3) is 4.22. The monoisotopic (exact) mass is 413 g/mol. The molecule has 1 N–H and O–H groups in total. The molecule has 28 heavy (non-hydrogen) atoms. The Labute approximate surface area is 162 Å². The molecule has 0 spiro atoms. The van der Waals surface area contributed by atoms with E-state index in [1.54, 1.807) is 38.1 Å². The summed E-state index contributed by atoms with van der Waals surface area (Å²) >= 11 is 0. The highest BCUT2D eigenvalue weighted by Gasteiger charge is 2.45. The van der Waals surface area contributed by atoms with Gasteiger partial charge in [0.15, 0.2) is 9.84 Å². The smallest absolute Gasteiger partial charge is 0.346 e. The number of alkyl halides is 3. The highest BCUT2D eigenvalue weighted by molar-refractivity contribution is 7.93. The number of sulfone groups is 1. The molecule has 0 aromatic heterocycles. The largest absolute Gasteiger partial charge is 0.416 e. The first-order chi connectivity index (χ1) is 12.7. The third-order valence-electron chi connectivity index (χ3n) is 4.61. The SMILES string of the molecule is CC(C)(NC(=O)C(C)(C)S(=O)(=O)c1cccc(C(F)(F)F)c1)c1ccccc1. The van der Waals surface area contributed by atoms with E-state index in [-0.39, 0.29) is 0 Å². The molecule has 1 amide bonds. The minimum atomic E-state index is -4.69. The fourth-order valence-corrected chi connectivity index (χ4v) is 4.04. The number of rotatable bonds is 5. The second-order valence-electron chi connectivity index (χ2n) is 7.48. The minimum absolute atomic E-state index is 0.548. The predicted octanol–water partition coefficient (Wildman–Crippen LogP) is 4.31. The number of benzene rings is 2. The van der Waals surface area contributed by atoms with Crippen LogP contribution in [0.2, 0.25) is 0 Å². The summed E-state index contributed by atoms with van der Waals surface area (Å²) in [5, 5.41) is 2.69. The van der Waals surface area contributed by atoms with Crippen molar-refractivity contribution in [2.24, 2.45) is 0 Å². The topological polar surface area (TPSA) is 63.2 Å². The zero-order valence-electron chi connectivity index (χ0n) is 16.0. The highest BCUT2D eigenvalue weighted by atomic mass is 32.2. The van der Waals surface area contributed by atoms with Crippen LogP contribution >= 0.6 is 0 Å². The maximum atomic E-state index is 13.0. The van der Waals surface area contributed by atoms with Gasteiger partial charge < -0.3 is 5.32 Å². The molecular weight excluding hydrogens is 391 g/mol. The van der Waals surface area contributed by atoms with Crippen LogP contribution in [0.3, 0.4) is 0 Å². The van der Waals surface area contributed by atoms with Gasteiger partial charge in [0.1, 0.15) is 4.75 Å². The average molecular weight is 413 g/mol. The molecule has 0 heterocycles. The van der Waals surface area contributed by atoms with Gasteiger partial charge in [-0.2, -0.15) is 13.2 Å². The lowest BCUT2D eigenvalue weighted by molar-refractivity contribution is -0.137. The molecular formula is C20H22F3NO3S. The summed E-state index contributed by atoms with van der Waals surface area (Å²) < 4.78 is 62.8. The number of halogens is 3. The molecule has 0 bridgehead atoms. The van der Waals surface area contributed by atoms with E-state index in [1.165, 1.54) is 13.8 Å². The van der Waals surface area contributed by atoms with Gasteiger partial charge in [0.25, 0.3) is 0 Å². The summed E-state index contributed by atoms with van der Waals surface area (Å²) in [5.74, 6) is -0.807. The Bertz CT molecular complexity index is 966. The summed E-state index contributed by atoms with van der Waals surface area (Å²) in [7, 11) is -4.39. The molecule has 0 radical (unpaired) electrons. The van der Waals surface area contributed by atoms with Crippen molar-refractivity contribution in [3.05, 3.63) is 65.7 Å². The lowest BCUT2D eigenvalue weighted by Gasteiger charge is -2.32. The summed E-state index contributed by atoms with van der Waals surface area (Å²) in [6.07, 6.45) is -4.69. The van der Waals surface area contributed by atoms with Crippen LogP contribution in [0, 0.1) is 0 Å². The standard InChI is InChI=1S/C20H22F3NO3S/c1-18(2,14-9-6-5-7-10-14)24-17(25)19(3,4)28(26,27)16-12-8-11-15(13-16)20(21,22)23/h5-13H,1-4H3,(H,24,25). The van der Waals surface area contributed by atoms with Crippen LogP contribution in [0.5, 0.6) is 0 Å². The van der Waals surface area contributed by atoms with Crippen LogP contribution in [0.15, 0.2) is 59.5 Å². The molecule has 2 rings (SSSR count). The van der Waals surface area contributed by atoms with Crippen molar-refractivity contribution < 1.29 is 26.4 Å². The van der Waals surface area contributed by atoms with E-state index in [0.29, 0.717) is 6.07 Å². The van der Waals surface area contributed by atoms with Crippen LogP contribution in [-0.2, 0) is 26.3 Å². The average Bonchev–Trinajstić information content (AvgIpc) is 2.61. The van der Waals surface area contributed by atoms with Crippen LogP contribution in [0.25, 0.3) is 0 Å². The molecule has 0 atom stereocenters. The van der Waals surface area contributed by atoms with E-state index in [1.807, 2.05) is 6.07 Å². The first-order valence-electron chi connectivity index (χ1n) is 8.49. The first-order valence-corrected chi connectivity index (χ1v) is 9.98. The zero-order valence-corrected chi connectivity index (χ0v) is 16.8. The Morgan fingerprint density at radius 1 is 0.857 bits per heavy atom. The van der Waals surface area contributed by atoms with Gasteiger partial charge in [-0.1, -0.05) is 36.4 Å². The summed E-state index contributed by atoms with van der Waals surface area (Å²) in [4.78, 5) is 12.3. The van der Waals surface area contributed by atoms with Crippen molar-refractivity contribution in [2.75, 3.05) is 0 Å². The molecule has 0 saturated carbocycles. The minimum Gasteiger partial charge on any atom is -0.346 e. The quantitative estimate of drug-likeness (QED) is 0.795. The number of hydrogen-bond donors (Lipinski definition) is 1. The Morgan fingerprint density at radius 2 is 1.39 bits per heavy atom. The van der Waals surface area contributed by atoms with Crippen molar-refractivity contribution in [1.29, 1.82) is 0 Å². The molecule has 0 aliphatic heterocycles. The normalized spacial score (nSPS) is 13.2. The number of carbonyl (C=O) groups excluding carboxylic acids is 1. The second kappa shape index (κ2) is 7.24. The van der Waals surface area contributed by atoms with Crippen LogP contribution in [0.1, 0.15) is 38.8 Å². The van der Waals surface area contributed by atoms with Crippen molar-refractivity contribution in [3.63, 3.8) is 0 Å². The Morgan fingerprint density at radius 3 is 1.93 bits per heavy atom. The third-order valence-corrected chi connectivity index (χ3v) is 7.02. The molecule has 8 heteroatoms. The van der Waals surface area contributed by atoms with Gasteiger partial charge in [-0.25, -0.2) is 8.42 Å². The number of amides is 1. The van der Waals surface area contributed by atoms with E-state index in [9.17, 15) is 26.4 Å². The molecule has 0 aliphatic rings. The van der Waals surface area contributed by atoms with Crippen LogP contribution < -0.4 is 5.32 Å². The van der Waals surface area contributed by atoms with Gasteiger partial charge in [-0.15, -0.1) is 0 Å². The van der Waals surface area contributed by atoms with Crippen LogP contribution in [0.4, 0.5) is 13.2 Å². The van der Waals surface area contributed by atoms with Gasteiger partial charge in [0.2, 0.25) is 5.91 Å². The van der Waals surface area contributed by atoms with Crippen LogP contribution in [-0.4, -0.2) is 19.1 Å². The second-order valence-corrected chi connectivity index (χ2v) is 9.98. The van der Waals surface area contributed by atoms with Crippen molar-refractivity contribution in [3.8, 4) is 0 Å². The Hall–Kier alpha value is -2.35. The first kappa shape index (κ1) is 21.9. The molecule has 0 fully saturated rings. The summed E-state index contributed by atoms with van der Waals surface area (Å²) in [5.41, 5.74) is -1.20. The maximum Gasteiger partial charge on any atom is 0.416 e. The van der Waals surface area contributed by atoms with Gasteiger partial charge in [0, 0.05) is 0 Å². The van der Waals surface area contributed by atoms with E-state index in [4.69, 9.17) is 0 Å². The lowest BCUT2D eigenvalue weighted by atomic mass is 9.93. The van der Waals surface area contributed by atoms with Crippen molar-refractivity contribution in [2.45, 2.75) is 49.1 Å². The predicted molar refractivity (Wildman–Crippen MR) is 100 cm³/mol. The van der Waals surface area contributed by atoms with E-state index >= 15 is 0 Å². The summed E-state index contributed by atoms with van der Waals surface area (Å²) in [6, 6.07) is 12.4. The number of hydrogen-bond acceptors (Lipinski definition) is 3. The molecule has 152 valence electrons. The molecule has 2 aromatic rings. The lowest BCUT2D eigenvalue weighted by Crippen LogP contribution is -2.53. The maximum absolute atomic E-state index is 13.0.